The van der Waals surface area contributed by atoms with Crippen LogP contribution in [0.5, 0.6) is 17.2 Å². The fourth-order valence-corrected chi connectivity index (χ4v) is 3.45. The van der Waals surface area contributed by atoms with Gasteiger partial charge in [0.2, 0.25) is 11.7 Å². The zero-order chi connectivity index (χ0) is 15.7. The van der Waals surface area contributed by atoms with Gasteiger partial charge in [0.15, 0.2) is 11.5 Å². The number of nitrogens with one attached hydrogen (secondary N) is 1. The predicted octanol–water partition coefficient (Wildman–Crippen LogP) is 1.70. The maximum Gasteiger partial charge on any atom is 0.238 e. The Balaban J connectivity index is 2.02. The molecule has 120 valence electrons. The van der Waals surface area contributed by atoms with Crippen LogP contribution in [0, 0.1) is 0 Å². The summed E-state index contributed by atoms with van der Waals surface area (Å²) in [4.78, 5) is 14.4. The van der Waals surface area contributed by atoms with Crippen molar-refractivity contribution in [1.29, 1.82) is 0 Å². The van der Waals surface area contributed by atoms with Gasteiger partial charge in [-0.3, -0.25) is 9.69 Å². The zero-order valence-corrected chi connectivity index (χ0v) is 13.2. The van der Waals surface area contributed by atoms with Crippen molar-refractivity contribution in [2.45, 2.75) is 31.5 Å². The van der Waals surface area contributed by atoms with Gasteiger partial charge in [0.25, 0.3) is 0 Å². The second kappa shape index (κ2) is 6.04. The number of carbonyl (C=O) groups excluding carboxylic acids is 1. The molecule has 0 unspecified atom stereocenters. The van der Waals surface area contributed by atoms with Gasteiger partial charge in [0, 0.05) is 12.1 Å². The summed E-state index contributed by atoms with van der Waals surface area (Å²) < 4.78 is 16.3. The van der Waals surface area contributed by atoms with Gasteiger partial charge in [0.1, 0.15) is 6.17 Å². The Bertz CT molecular complexity index is 576. The van der Waals surface area contributed by atoms with Crippen LogP contribution >= 0.6 is 0 Å². The first-order chi connectivity index (χ1) is 10.7. The Morgan fingerprint density at radius 1 is 1.09 bits per heavy atom. The average Bonchev–Trinajstić information content (AvgIpc) is 2.90. The molecule has 1 N–H and O–H groups in total. The average molecular weight is 306 g/mol. The van der Waals surface area contributed by atoms with Crippen LogP contribution in [0.2, 0.25) is 0 Å². The molecule has 2 saturated heterocycles. The summed E-state index contributed by atoms with van der Waals surface area (Å²) in [6, 6.07) is 3.75. The minimum absolute atomic E-state index is 0.0310. The molecule has 0 aliphatic carbocycles. The fourth-order valence-electron chi connectivity index (χ4n) is 3.45. The van der Waals surface area contributed by atoms with Crippen molar-refractivity contribution >= 4 is 5.91 Å². The van der Waals surface area contributed by atoms with Gasteiger partial charge in [-0.05, 0) is 25.0 Å². The van der Waals surface area contributed by atoms with Gasteiger partial charge in [-0.25, -0.2) is 0 Å². The molecule has 1 amide bonds. The van der Waals surface area contributed by atoms with Crippen LogP contribution in [-0.4, -0.2) is 44.7 Å². The molecular formula is C16H22N2O4. The van der Waals surface area contributed by atoms with E-state index in [1.54, 1.807) is 21.3 Å². The molecule has 2 aliphatic heterocycles. The lowest BCUT2D eigenvalue weighted by molar-refractivity contribution is -0.122. The lowest BCUT2D eigenvalue weighted by atomic mass is 10.0. The lowest BCUT2D eigenvalue weighted by Gasteiger charge is -2.32. The number of nitrogens with zero attached hydrogens (tertiary/aromatic N) is 1. The number of amides is 1. The Hall–Kier alpha value is -1.95. The van der Waals surface area contributed by atoms with Gasteiger partial charge in [-0.2, -0.15) is 0 Å². The van der Waals surface area contributed by atoms with E-state index in [1.165, 1.54) is 0 Å². The SMILES string of the molecule is COc1ccc([C@H]2NC(=O)[C@@H]3CCCCN23)c(OC)c1OC. The molecule has 0 radical (unpaired) electrons. The number of carbonyl (C=O) groups is 1. The summed E-state index contributed by atoms with van der Waals surface area (Å²) in [6.45, 7) is 0.908. The maximum absolute atomic E-state index is 12.2. The summed E-state index contributed by atoms with van der Waals surface area (Å²) >= 11 is 0. The van der Waals surface area contributed by atoms with E-state index in [9.17, 15) is 4.79 Å². The molecule has 2 atom stereocenters. The second-order valence-corrected chi connectivity index (χ2v) is 5.58. The summed E-state index contributed by atoms with van der Waals surface area (Å²) in [5.74, 6) is 1.87. The number of ether oxygens (including phenoxy) is 3. The van der Waals surface area contributed by atoms with E-state index in [1.807, 2.05) is 12.1 Å². The Labute approximate surface area is 130 Å². The molecule has 1 aromatic rings. The summed E-state index contributed by atoms with van der Waals surface area (Å²) in [5.41, 5.74) is 0.901. The zero-order valence-electron chi connectivity index (χ0n) is 13.2. The predicted molar refractivity (Wildman–Crippen MR) is 81.3 cm³/mol. The number of fused-ring (bicyclic) bond motifs is 1. The van der Waals surface area contributed by atoms with Crippen LogP contribution in [0.25, 0.3) is 0 Å². The topological polar surface area (TPSA) is 60.0 Å². The Kier molecular flexibility index (Phi) is 4.11. The van der Waals surface area contributed by atoms with Crippen LogP contribution < -0.4 is 19.5 Å². The molecule has 0 aromatic heterocycles. The molecule has 2 fully saturated rings. The molecule has 2 aliphatic rings. The number of hydrogen-bond acceptors (Lipinski definition) is 5. The van der Waals surface area contributed by atoms with E-state index in [-0.39, 0.29) is 18.1 Å². The minimum atomic E-state index is -0.174. The third kappa shape index (κ3) is 2.27. The van der Waals surface area contributed by atoms with Gasteiger partial charge in [-0.1, -0.05) is 6.42 Å². The molecule has 6 nitrogen and oxygen atoms in total. The first-order valence-corrected chi connectivity index (χ1v) is 7.56. The monoisotopic (exact) mass is 306 g/mol. The summed E-state index contributed by atoms with van der Waals surface area (Å²) in [6.07, 6.45) is 2.95. The largest absolute Gasteiger partial charge is 0.493 e. The molecule has 0 spiro atoms. The van der Waals surface area contributed by atoms with Gasteiger partial charge < -0.3 is 19.5 Å². The summed E-state index contributed by atoms with van der Waals surface area (Å²) in [5, 5.41) is 3.09. The quantitative estimate of drug-likeness (QED) is 0.917. The minimum Gasteiger partial charge on any atom is -0.493 e. The van der Waals surface area contributed by atoms with Crippen LogP contribution in [-0.2, 0) is 4.79 Å². The third-order valence-electron chi connectivity index (χ3n) is 4.49. The van der Waals surface area contributed by atoms with E-state index in [0.717, 1.165) is 31.4 Å². The van der Waals surface area contributed by atoms with Crippen molar-refractivity contribution in [2.24, 2.45) is 0 Å². The van der Waals surface area contributed by atoms with Crippen molar-refractivity contribution in [3.63, 3.8) is 0 Å². The lowest BCUT2D eigenvalue weighted by Crippen LogP contribution is -2.38. The molecule has 1 aromatic carbocycles. The second-order valence-electron chi connectivity index (χ2n) is 5.58. The molecule has 0 bridgehead atoms. The number of methoxy groups -OCH3 is 3. The number of piperidine rings is 1. The number of hydrogen-bond donors (Lipinski definition) is 1. The number of benzene rings is 1. The Morgan fingerprint density at radius 2 is 1.86 bits per heavy atom. The Morgan fingerprint density at radius 3 is 2.55 bits per heavy atom. The molecule has 6 heteroatoms. The molecule has 22 heavy (non-hydrogen) atoms. The fraction of sp³-hybridized carbons (Fsp3) is 0.562. The highest BCUT2D eigenvalue weighted by molar-refractivity contribution is 5.84. The highest BCUT2D eigenvalue weighted by Gasteiger charge is 2.43. The van der Waals surface area contributed by atoms with E-state index >= 15 is 0 Å². The number of rotatable bonds is 4. The highest BCUT2D eigenvalue weighted by Crippen LogP contribution is 2.44. The molecular weight excluding hydrogens is 284 g/mol. The van der Waals surface area contributed by atoms with Crippen molar-refractivity contribution in [2.75, 3.05) is 27.9 Å². The van der Waals surface area contributed by atoms with E-state index < -0.39 is 0 Å². The van der Waals surface area contributed by atoms with E-state index in [0.29, 0.717) is 17.2 Å². The van der Waals surface area contributed by atoms with Crippen LogP contribution in [0.1, 0.15) is 31.0 Å². The smallest absolute Gasteiger partial charge is 0.238 e. The standard InChI is InChI=1S/C16H22N2O4/c1-20-12-8-7-10(13(21-2)14(12)22-3)15-17-16(19)11-6-4-5-9-18(11)15/h7-8,11,15H,4-6,9H2,1-3H3,(H,17,19)/t11-,15-/m0/s1. The van der Waals surface area contributed by atoms with Gasteiger partial charge in [-0.15, -0.1) is 0 Å². The highest BCUT2D eigenvalue weighted by atomic mass is 16.5. The first-order valence-electron chi connectivity index (χ1n) is 7.56. The summed E-state index contributed by atoms with van der Waals surface area (Å²) in [7, 11) is 4.78. The maximum atomic E-state index is 12.2. The van der Waals surface area contributed by atoms with E-state index in [2.05, 4.69) is 10.2 Å². The van der Waals surface area contributed by atoms with Crippen molar-refractivity contribution in [3.05, 3.63) is 17.7 Å². The van der Waals surface area contributed by atoms with Crippen molar-refractivity contribution < 1.29 is 19.0 Å². The van der Waals surface area contributed by atoms with E-state index in [4.69, 9.17) is 14.2 Å². The van der Waals surface area contributed by atoms with Crippen molar-refractivity contribution in [3.8, 4) is 17.2 Å². The normalized spacial score (nSPS) is 24.6. The molecule has 3 rings (SSSR count). The van der Waals surface area contributed by atoms with Gasteiger partial charge >= 0.3 is 0 Å². The van der Waals surface area contributed by atoms with Crippen LogP contribution in [0.4, 0.5) is 0 Å². The van der Waals surface area contributed by atoms with Crippen LogP contribution in [0.15, 0.2) is 12.1 Å². The molecule has 2 heterocycles. The van der Waals surface area contributed by atoms with Crippen LogP contribution in [0.3, 0.4) is 0 Å². The van der Waals surface area contributed by atoms with Gasteiger partial charge in [0.05, 0.1) is 27.4 Å². The first kappa shape index (κ1) is 15.0. The third-order valence-corrected chi connectivity index (χ3v) is 4.49. The molecule has 0 saturated carbocycles. The van der Waals surface area contributed by atoms with Crippen molar-refractivity contribution in [1.82, 2.24) is 10.2 Å².